The first-order chi connectivity index (χ1) is 9.11. The van der Waals surface area contributed by atoms with Gasteiger partial charge in [-0.05, 0) is 31.5 Å². The Balaban J connectivity index is 2.15. The van der Waals surface area contributed by atoms with Crippen LogP contribution in [-0.4, -0.2) is 23.3 Å². The lowest BCUT2D eigenvalue weighted by molar-refractivity contribution is 0.0601. The van der Waals surface area contributed by atoms with Gasteiger partial charge in [-0.3, -0.25) is 5.10 Å². The van der Waals surface area contributed by atoms with E-state index in [2.05, 4.69) is 15.5 Å². The molecule has 0 aliphatic rings. The van der Waals surface area contributed by atoms with Gasteiger partial charge in [0, 0.05) is 23.5 Å². The molecule has 0 saturated heterocycles. The zero-order chi connectivity index (χ0) is 13.8. The van der Waals surface area contributed by atoms with E-state index in [1.54, 1.807) is 18.3 Å². The molecule has 0 aliphatic heterocycles. The Kier molecular flexibility index (Phi) is 3.85. The first-order valence-corrected chi connectivity index (χ1v) is 6.03. The van der Waals surface area contributed by atoms with Crippen LogP contribution in [-0.2, 0) is 11.3 Å². The lowest BCUT2D eigenvalue weighted by Gasteiger charge is -2.10. The summed E-state index contributed by atoms with van der Waals surface area (Å²) in [4.78, 5) is 11.5. The van der Waals surface area contributed by atoms with Crippen molar-refractivity contribution in [3.05, 3.63) is 46.8 Å². The van der Waals surface area contributed by atoms with Gasteiger partial charge >= 0.3 is 5.97 Å². The van der Waals surface area contributed by atoms with Crippen LogP contribution in [0.3, 0.4) is 0 Å². The number of nitrogens with zero attached hydrogens (tertiary/aromatic N) is 1. The van der Waals surface area contributed by atoms with Gasteiger partial charge in [0.05, 0.1) is 18.9 Å². The van der Waals surface area contributed by atoms with Crippen LogP contribution in [0.2, 0.25) is 0 Å². The number of aryl methyl sites for hydroxylation is 2. The number of aromatic amines is 1. The molecule has 2 N–H and O–H groups in total. The molecule has 0 aliphatic carbocycles. The quantitative estimate of drug-likeness (QED) is 0.827. The Hall–Kier alpha value is -2.30. The Morgan fingerprint density at radius 2 is 2.21 bits per heavy atom. The van der Waals surface area contributed by atoms with Crippen molar-refractivity contribution in [2.24, 2.45) is 0 Å². The van der Waals surface area contributed by atoms with Gasteiger partial charge in [-0.2, -0.15) is 5.10 Å². The van der Waals surface area contributed by atoms with Crippen LogP contribution < -0.4 is 5.32 Å². The van der Waals surface area contributed by atoms with Crippen LogP contribution in [0.4, 0.5) is 5.69 Å². The van der Waals surface area contributed by atoms with Crippen molar-refractivity contribution in [1.29, 1.82) is 0 Å². The van der Waals surface area contributed by atoms with E-state index >= 15 is 0 Å². The molecule has 1 heterocycles. The number of esters is 1. The number of H-pyrrole nitrogens is 1. The third-order valence-electron chi connectivity index (χ3n) is 3.06. The average molecular weight is 259 g/mol. The van der Waals surface area contributed by atoms with Crippen LogP contribution in [0.15, 0.2) is 24.4 Å². The van der Waals surface area contributed by atoms with E-state index in [-0.39, 0.29) is 5.97 Å². The molecule has 5 heteroatoms. The molecule has 1 aromatic heterocycles. The minimum absolute atomic E-state index is 0.331. The zero-order valence-corrected chi connectivity index (χ0v) is 11.3. The molecule has 0 fully saturated rings. The van der Waals surface area contributed by atoms with Crippen molar-refractivity contribution in [2.75, 3.05) is 12.4 Å². The van der Waals surface area contributed by atoms with E-state index in [1.165, 1.54) is 7.11 Å². The topological polar surface area (TPSA) is 67.0 Å². The summed E-state index contributed by atoms with van der Waals surface area (Å²) in [6, 6.07) is 5.46. The van der Waals surface area contributed by atoms with E-state index in [4.69, 9.17) is 4.74 Å². The summed E-state index contributed by atoms with van der Waals surface area (Å²) in [5.74, 6) is -0.331. The molecule has 0 saturated carbocycles. The minimum Gasteiger partial charge on any atom is -0.465 e. The van der Waals surface area contributed by atoms with Crippen molar-refractivity contribution in [1.82, 2.24) is 10.2 Å². The molecule has 0 unspecified atom stereocenters. The summed E-state index contributed by atoms with van der Waals surface area (Å²) in [5, 5.41) is 10.2. The van der Waals surface area contributed by atoms with E-state index in [0.717, 1.165) is 22.5 Å². The summed E-state index contributed by atoms with van der Waals surface area (Å²) in [7, 11) is 1.38. The van der Waals surface area contributed by atoms with Gasteiger partial charge in [-0.15, -0.1) is 0 Å². The predicted molar refractivity (Wildman–Crippen MR) is 73.2 cm³/mol. The van der Waals surface area contributed by atoms with Gasteiger partial charge in [0.1, 0.15) is 0 Å². The van der Waals surface area contributed by atoms with Gasteiger partial charge in [-0.25, -0.2) is 4.79 Å². The van der Waals surface area contributed by atoms with Crippen LogP contribution in [0.1, 0.15) is 27.2 Å². The lowest BCUT2D eigenvalue weighted by Crippen LogP contribution is -2.05. The fourth-order valence-corrected chi connectivity index (χ4v) is 1.80. The van der Waals surface area contributed by atoms with E-state index in [0.29, 0.717) is 12.1 Å². The Labute approximate surface area is 112 Å². The first kappa shape index (κ1) is 13.1. The van der Waals surface area contributed by atoms with E-state index in [1.807, 2.05) is 19.9 Å². The van der Waals surface area contributed by atoms with Crippen molar-refractivity contribution in [3.8, 4) is 0 Å². The summed E-state index contributed by atoms with van der Waals surface area (Å²) in [6.07, 6.45) is 1.79. The van der Waals surface area contributed by atoms with Crippen LogP contribution >= 0.6 is 0 Å². The van der Waals surface area contributed by atoms with E-state index in [9.17, 15) is 4.79 Å². The van der Waals surface area contributed by atoms with Crippen molar-refractivity contribution in [3.63, 3.8) is 0 Å². The number of methoxy groups -OCH3 is 1. The SMILES string of the molecule is COC(=O)c1ccc(C)c(NCc2cn[nH]c2C)c1. The predicted octanol–water partition coefficient (Wildman–Crippen LogP) is 2.43. The summed E-state index contributed by atoms with van der Waals surface area (Å²) >= 11 is 0. The van der Waals surface area contributed by atoms with Crippen LogP contribution in [0.5, 0.6) is 0 Å². The fourth-order valence-electron chi connectivity index (χ4n) is 1.80. The molecule has 2 rings (SSSR count). The van der Waals surface area contributed by atoms with Gasteiger partial charge in [0.25, 0.3) is 0 Å². The number of aromatic nitrogens is 2. The highest BCUT2D eigenvalue weighted by Gasteiger charge is 2.08. The number of hydrogen-bond donors (Lipinski definition) is 2. The van der Waals surface area contributed by atoms with Crippen molar-refractivity contribution < 1.29 is 9.53 Å². The molecule has 0 amide bonds. The number of benzene rings is 1. The van der Waals surface area contributed by atoms with Crippen molar-refractivity contribution >= 4 is 11.7 Å². The number of nitrogens with one attached hydrogen (secondary N) is 2. The number of hydrogen-bond acceptors (Lipinski definition) is 4. The third kappa shape index (κ3) is 2.93. The Morgan fingerprint density at radius 3 is 2.84 bits per heavy atom. The highest BCUT2D eigenvalue weighted by Crippen LogP contribution is 2.18. The first-order valence-electron chi connectivity index (χ1n) is 6.03. The maximum atomic E-state index is 11.5. The number of carbonyl (C=O) groups is 1. The molecule has 0 radical (unpaired) electrons. The van der Waals surface area contributed by atoms with Gasteiger partial charge in [-0.1, -0.05) is 6.07 Å². The number of ether oxygens (including phenoxy) is 1. The third-order valence-corrected chi connectivity index (χ3v) is 3.06. The Bertz CT molecular complexity index is 590. The number of rotatable bonds is 4. The van der Waals surface area contributed by atoms with Crippen LogP contribution in [0, 0.1) is 13.8 Å². The van der Waals surface area contributed by atoms with Crippen molar-refractivity contribution in [2.45, 2.75) is 20.4 Å². The average Bonchev–Trinajstić information content (AvgIpc) is 2.82. The molecule has 19 heavy (non-hydrogen) atoms. The highest BCUT2D eigenvalue weighted by atomic mass is 16.5. The van der Waals surface area contributed by atoms with Gasteiger partial charge < -0.3 is 10.1 Å². The second kappa shape index (κ2) is 5.56. The lowest BCUT2D eigenvalue weighted by atomic mass is 10.1. The maximum absolute atomic E-state index is 11.5. The largest absolute Gasteiger partial charge is 0.465 e. The van der Waals surface area contributed by atoms with E-state index < -0.39 is 0 Å². The molecule has 0 bridgehead atoms. The van der Waals surface area contributed by atoms with Gasteiger partial charge in [0.15, 0.2) is 0 Å². The second-order valence-electron chi connectivity index (χ2n) is 4.40. The maximum Gasteiger partial charge on any atom is 0.337 e. The summed E-state index contributed by atoms with van der Waals surface area (Å²) < 4.78 is 4.72. The fraction of sp³-hybridized carbons (Fsp3) is 0.286. The molecular weight excluding hydrogens is 242 g/mol. The molecule has 2 aromatic rings. The molecule has 1 aromatic carbocycles. The standard InChI is InChI=1S/C14H17N3O2/c1-9-4-5-11(14(18)19-3)6-13(9)15-7-12-8-16-17-10(12)2/h4-6,8,15H,7H2,1-3H3,(H,16,17). The van der Waals surface area contributed by atoms with Gasteiger partial charge in [0.2, 0.25) is 0 Å². The zero-order valence-electron chi connectivity index (χ0n) is 11.3. The van der Waals surface area contributed by atoms with Crippen LogP contribution in [0.25, 0.3) is 0 Å². The summed E-state index contributed by atoms with van der Waals surface area (Å²) in [5.41, 5.74) is 4.67. The second-order valence-corrected chi connectivity index (χ2v) is 4.40. The number of carbonyl (C=O) groups excluding carboxylic acids is 1. The Morgan fingerprint density at radius 1 is 1.42 bits per heavy atom. The highest BCUT2D eigenvalue weighted by molar-refractivity contribution is 5.90. The molecule has 100 valence electrons. The molecular formula is C14H17N3O2. The molecule has 0 spiro atoms. The number of anilines is 1. The molecule has 5 nitrogen and oxygen atoms in total. The summed E-state index contributed by atoms with van der Waals surface area (Å²) in [6.45, 7) is 4.63. The monoisotopic (exact) mass is 259 g/mol. The smallest absolute Gasteiger partial charge is 0.337 e. The minimum atomic E-state index is -0.331. The normalized spacial score (nSPS) is 10.3. The molecule has 0 atom stereocenters.